The highest BCUT2D eigenvalue weighted by Crippen LogP contribution is 2.15. The number of carbonyl (C=O) groups excluding carboxylic acids is 1. The van der Waals surface area contributed by atoms with Gasteiger partial charge in [-0.2, -0.15) is 5.10 Å². The maximum Gasteiger partial charge on any atom is 0.278 e. The molecule has 2 aromatic heterocycles. The fourth-order valence-corrected chi connectivity index (χ4v) is 3.47. The molecule has 0 bridgehead atoms. The zero-order valence-corrected chi connectivity index (χ0v) is 15.5. The summed E-state index contributed by atoms with van der Waals surface area (Å²) >= 11 is 0. The molecule has 3 heterocycles. The standard InChI is InChI=1S/C20H20FN5O2/c1-2-26-16-7-6-14(21)13-15(16)19(27)18(23-26)20(28)25-11-9-24(10-12-25)17-5-3-4-8-22-17/h3-8,13H,2,9-12H2,1H3. The number of rotatable bonds is 3. The molecule has 7 nitrogen and oxygen atoms in total. The molecule has 0 spiro atoms. The van der Waals surface area contributed by atoms with Gasteiger partial charge in [-0.1, -0.05) is 6.07 Å². The minimum absolute atomic E-state index is 0.161. The van der Waals surface area contributed by atoms with Crippen molar-refractivity contribution in [2.45, 2.75) is 13.5 Å². The van der Waals surface area contributed by atoms with E-state index in [1.54, 1.807) is 15.8 Å². The molecular weight excluding hydrogens is 361 g/mol. The van der Waals surface area contributed by atoms with Crippen LogP contribution in [0.15, 0.2) is 47.4 Å². The highest BCUT2D eigenvalue weighted by molar-refractivity contribution is 5.95. The number of halogens is 1. The fourth-order valence-electron chi connectivity index (χ4n) is 3.47. The van der Waals surface area contributed by atoms with Crippen molar-refractivity contribution in [2.75, 3.05) is 31.1 Å². The van der Waals surface area contributed by atoms with Gasteiger partial charge in [0.25, 0.3) is 5.91 Å². The van der Waals surface area contributed by atoms with Crippen LogP contribution in [0.25, 0.3) is 10.9 Å². The third kappa shape index (κ3) is 3.21. The fraction of sp³-hybridized carbons (Fsp3) is 0.300. The lowest BCUT2D eigenvalue weighted by Gasteiger charge is -2.35. The quantitative estimate of drug-likeness (QED) is 0.693. The first kappa shape index (κ1) is 18.1. The third-order valence-electron chi connectivity index (χ3n) is 4.96. The summed E-state index contributed by atoms with van der Waals surface area (Å²) in [4.78, 5) is 33.8. The minimum atomic E-state index is -0.531. The third-order valence-corrected chi connectivity index (χ3v) is 4.96. The first-order chi connectivity index (χ1) is 13.6. The van der Waals surface area contributed by atoms with Gasteiger partial charge in [0.05, 0.1) is 10.9 Å². The van der Waals surface area contributed by atoms with Crippen LogP contribution in [0.3, 0.4) is 0 Å². The lowest BCUT2D eigenvalue weighted by Crippen LogP contribution is -2.50. The topological polar surface area (TPSA) is 71.3 Å². The van der Waals surface area contributed by atoms with Crippen LogP contribution in [0.2, 0.25) is 0 Å². The molecule has 1 aliphatic heterocycles. The van der Waals surface area contributed by atoms with Gasteiger partial charge < -0.3 is 9.80 Å². The van der Waals surface area contributed by atoms with Gasteiger partial charge in [0.15, 0.2) is 5.69 Å². The van der Waals surface area contributed by atoms with Gasteiger partial charge in [0.1, 0.15) is 11.6 Å². The molecule has 0 radical (unpaired) electrons. The first-order valence-corrected chi connectivity index (χ1v) is 9.24. The van der Waals surface area contributed by atoms with Crippen molar-refractivity contribution < 1.29 is 9.18 Å². The number of aryl methyl sites for hydroxylation is 1. The summed E-state index contributed by atoms with van der Waals surface area (Å²) in [5.41, 5.74) is -0.173. The first-order valence-electron chi connectivity index (χ1n) is 9.24. The summed E-state index contributed by atoms with van der Waals surface area (Å²) in [5.74, 6) is -0.0675. The molecule has 0 unspecified atom stereocenters. The number of fused-ring (bicyclic) bond motifs is 1. The van der Waals surface area contributed by atoms with Crippen molar-refractivity contribution >= 4 is 22.6 Å². The van der Waals surface area contributed by atoms with E-state index in [1.807, 2.05) is 25.1 Å². The van der Waals surface area contributed by atoms with E-state index < -0.39 is 17.2 Å². The van der Waals surface area contributed by atoms with Crippen LogP contribution in [0, 0.1) is 5.82 Å². The minimum Gasteiger partial charge on any atom is -0.353 e. The normalized spacial score (nSPS) is 14.5. The van der Waals surface area contributed by atoms with Gasteiger partial charge in [-0.05, 0) is 37.3 Å². The Balaban J connectivity index is 1.61. The van der Waals surface area contributed by atoms with Crippen molar-refractivity contribution in [1.82, 2.24) is 19.7 Å². The number of carbonyl (C=O) groups is 1. The molecule has 1 fully saturated rings. The zero-order chi connectivity index (χ0) is 19.7. The van der Waals surface area contributed by atoms with E-state index in [2.05, 4.69) is 15.0 Å². The molecule has 0 aliphatic carbocycles. The molecule has 1 aliphatic rings. The Labute approximate surface area is 161 Å². The number of piperazine rings is 1. The van der Waals surface area contributed by atoms with E-state index in [0.29, 0.717) is 38.2 Å². The summed E-state index contributed by atoms with van der Waals surface area (Å²) in [6.45, 7) is 4.49. The van der Waals surface area contributed by atoms with Crippen LogP contribution in [-0.4, -0.2) is 51.8 Å². The number of pyridine rings is 1. The Morgan fingerprint density at radius 2 is 1.93 bits per heavy atom. The van der Waals surface area contributed by atoms with Crippen molar-refractivity contribution in [2.24, 2.45) is 0 Å². The Hall–Kier alpha value is -3.29. The number of anilines is 1. The van der Waals surface area contributed by atoms with E-state index in [-0.39, 0.29) is 11.1 Å². The second kappa shape index (κ2) is 7.38. The molecular formula is C20H20FN5O2. The Kier molecular flexibility index (Phi) is 4.77. The molecule has 0 saturated carbocycles. The van der Waals surface area contributed by atoms with Crippen LogP contribution in [-0.2, 0) is 6.54 Å². The monoisotopic (exact) mass is 381 g/mol. The van der Waals surface area contributed by atoms with E-state index in [4.69, 9.17) is 0 Å². The number of hydrogen-bond donors (Lipinski definition) is 0. The van der Waals surface area contributed by atoms with Gasteiger partial charge in [-0.3, -0.25) is 14.3 Å². The molecule has 1 saturated heterocycles. The van der Waals surface area contributed by atoms with Gasteiger partial charge in [0.2, 0.25) is 5.43 Å². The molecule has 28 heavy (non-hydrogen) atoms. The van der Waals surface area contributed by atoms with Crippen LogP contribution in [0.4, 0.5) is 10.2 Å². The molecule has 1 aromatic carbocycles. The zero-order valence-electron chi connectivity index (χ0n) is 15.5. The van der Waals surface area contributed by atoms with Gasteiger partial charge in [-0.25, -0.2) is 9.37 Å². The van der Waals surface area contributed by atoms with Crippen molar-refractivity contribution in [3.63, 3.8) is 0 Å². The lowest BCUT2D eigenvalue weighted by molar-refractivity contribution is 0.0737. The molecule has 144 valence electrons. The molecule has 0 N–H and O–H groups in total. The van der Waals surface area contributed by atoms with Gasteiger partial charge in [-0.15, -0.1) is 0 Å². The molecule has 0 atom stereocenters. The van der Waals surface area contributed by atoms with E-state index in [0.717, 1.165) is 5.82 Å². The SMILES string of the molecule is CCn1nc(C(=O)N2CCN(c3ccccn3)CC2)c(=O)c2cc(F)ccc21. The summed E-state index contributed by atoms with van der Waals surface area (Å²) in [7, 11) is 0. The number of nitrogens with zero attached hydrogens (tertiary/aromatic N) is 5. The van der Waals surface area contributed by atoms with Crippen molar-refractivity contribution in [1.29, 1.82) is 0 Å². The molecule has 3 aromatic rings. The predicted octanol–water partition coefficient (Wildman–Crippen LogP) is 1.91. The van der Waals surface area contributed by atoms with Crippen molar-refractivity contribution in [3.05, 3.63) is 64.3 Å². The van der Waals surface area contributed by atoms with Crippen LogP contribution >= 0.6 is 0 Å². The average Bonchev–Trinajstić information content (AvgIpc) is 2.74. The number of hydrogen-bond acceptors (Lipinski definition) is 5. The van der Waals surface area contributed by atoms with Crippen molar-refractivity contribution in [3.8, 4) is 0 Å². The Bertz CT molecular complexity index is 1080. The smallest absolute Gasteiger partial charge is 0.278 e. The maximum absolute atomic E-state index is 13.7. The molecule has 1 amide bonds. The number of aromatic nitrogens is 3. The van der Waals surface area contributed by atoms with E-state index in [9.17, 15) is 14.0 Å². The van der Waals surface area contributed by atoms with Gasteiger partial charge in [0, 0.05) is 38.9 Å². The summed E-state index contributed by atoms with van der Waals surface area (Å²) in [6.07, 6.45) is 1.73. The maximum atomic E-state index is 13.7. The summed E-state index contributed by atoms with van der Waals surface area (Å²) in [6, 6.07) is 9.68. The summed E-state index contributed by atoms with van der Waals surface area (Å²) < 4.78 is 15.2. The summed E-state index contributed by atoms with van der Waals surface area (Å²) in [5, 5.41) is 4.44. The van der Waals surface area contributed by atoms with Crippen LogP contribution in [0.5, 0.6) is 0 Å². The average molecular weight is 381 g/mol. The highest BCUT2D eigenvalue weighted by Gasteiger charge is 2.26. The van der Waals surface area contributed by atoms with E-state index >= 15 is 0 Å². The highest BCUT2D eigenvalue weighted by atomic mass is 19.1. The second-order valence-electron chi connectivity index (χ2n) is 6.62. The largest absolute Gasteiger partial charge is 0.353 e. The second-order valence-corrected chi connectivity index (χ2v) is 6.62. The van der Waals surface area contributed by atoms with Crippen LogP contribution < -0.4 is 10.3 Å². The Morgan fingerprint density at radius 1 is 1.14 bits per heavy atom. The lowest BCUT2D eigenvalue weighted by atomic mass is 10.1. The molecule has 4 rings (SSSR count). The number of benzene rings is 1. The molecule has 8 heteroatoms. The number of amides is 1. The predicted molar refractivity (Wildman–Crippen MR) is 104 cm³/mol. The van der Waals surface area contributed by atoms with Crippen LogP contribution in [0.1, 0.15) is 17.4 Å². The Morgan fingerprint density at radius 3 is 2.61 bits per heavy atom. The van der Waals surface area contributed by atoms with Gasteiger partial charge >= 0.3 is 0 Å². The van der Waals surface area contributed by atoms with E-state index in [1.165, 1.54) is 18.2 Å².